The van der Waals surface area contributed by atoms with Crippen LogP contribution < -0.4 is 5.43 Å². The molecule has 1 aromatic heterocycles. The lowest BCUT2D eigenvalue weighted by molar-refractivity contribution is 0.0955. The molecule has 126 valence electrons. The smallest absolute Gasteiger partial charge is 0.272 e. The second kappa shape index (κ2) is 7.67. The van der Waals surface area contributed by atoms with Crippen molar-refractivity contribution in [2.75, 3.05) is 0 Å². The second-order valence-corrected chi connectivity index (χ2v) is 6.77. The monoisotopic (exact) mass is 343 g/mol. The highest BCUT2D eigenvalue weighted by atomic mass is 35.5. The number of nitrogens with zero attached hydrogens (tertiary/aromatic N) is 2. The molecule has 1 amide bonds. The van der Waals surface area contributed by atoms with Gasteiger partial charge >= 0.3 is 0 Å². The molecule has 0 saturated heterocycles. The van der Waals surface area contributed by atoms with E-state index in [9.17, 15) is 4.79 Å². The van der Waals surface area contributed by atoms with Crippen molar-refractivity contribution >= 4 is 23.7 Å². The van der Waals surface area contributed by atoms with Gasteiger partial charge in [0.1, 0.15) is 0 Å². The topological polar surface area (TPSA) is 46.4 Å². The Morgan fingerprint density at radius 1 is 1.29 bits per heavy atom. The van der Waals surface area contributed by atoms with Crippen LogP contribution in [0.4, 0.5) is 0 Å². The predicted octanol–water partition coefficient (Wildman–Crippen LogP) is 4.72. The van der Waals surface area contributed by atoms with Crippen LogP contribution in [0.15, 0.2) is 41.8 Å². The van der Waals surface area contributed by atoms with Crippen LogP contribution in [0.2, 0.25) is 5.02 Å². The van der Waals surface area contributed by atoms with E-state index in [2.05, 4.69) is 27.5 Å². The van der Waals surface area contributed by atoms with Gasteiger partial charge in [0.15, 0.2) is 0 Å². The van der Waals surface area contributed by atoms with Crippen molar-refractivity contribution in [1.82, 2.24) is 9.99 Å². The maximum Gasteiger partial charge on any atom is 0.272 e. The fourth-order valence-electron chi connectivity index (χ4n) is 3.14. The van der Waals surface area contributed by atoms with Gasteiger partial charge in [-0.25, -0.2) is 5.43 Å². The van der Waals surface area contributed by atoms with Crippen molar-refractivity contribution in [1.29, 1.82) is 0 Å². The SMILES string of the molecule is Cc1ccc(C(=O)N/N=C\c2ccn(C3CCCCC3)c2)c(Cl)c1. The first-order chi connectivity index (χ1) is 11.6. The van der Waals surface area contributed by atoms with Crippen LogP contribution in [0.5, 0.6) is 0 Å². The van der Waals surface area contributed by atoms with E-state index in [0.29, 0.717) is 16.6 Å². The number of aryl methyl sites for hydroxylation is 1. The Kier molecular flexibility index (Phi) is 5.36. The maximum absolute atomic E-state index is 12.1. The minimum Gasteiger partial charge on any atom is -0.351 e. The fraction of sp³-hybridized carbons (Fsp3) is 0.368. The molecular weight excluding hydrogens is 322 g/mol. The summed E-state index contributed by atoms with van der Waals surface area (Å²) in [6.07, 6.45) is 12.3. The third-order valence-corrected chi connectivity index (χ3v) is 4.80. The first kappa shape index (κ1) is 16.8. The lowest BCUT2D eigenvalue weighted by Crippen LogP contribution is -2.18. The van der Waals surface area contributed by atoms with E-state index in [1.165, 1.54) is 32.1 Å². The summed E-state index contributed by atoms with van der Waals surface area (Å²) in [6, 6.07) is 7.95. The Bertz CT molecular complexity index is 745. The van der Waals surface area contributed by atoms with E-state index in [4.69, 9.17) is 11.6 Å². The molecule has 2 aromatic rings. The highest BCUT2D eigenvalue weighted by Crippen LogP contribution is 2.28. The normalized spacial score (nSPS) is 15.8. The molecule has 0 atom stereocenters. The minimum atomic E-state index is -0.303. The summed E-state index contributed by atoms with van der Waals surface area (Å²) in [6.45, 7) is 1.93. The van der Waals surface area contributed by atoms with Crippen LogP contribution >= 0.6 is 11.6 Å². The van der Waals surface area contributed by atoms with Crippen LogP contribution in [0.25, 0.3) is 0 Å². The summed E-state index contributed by atoms with van der Waals surface area (Å²) in [5.74, 6) is -0.303. The summed E-state index contributed by atoms with van der Waals surface area (Å²) >= 11 is 6.09. The van der Waals surface area contributed by atoms with E-state index in [0.717, 1.165) is 11.1 Å². The zero-order valence-corrected chi connectivity index (χ0v) is 14.6. The predicted molar refractivity (Wildman–Crippen MR) is 97.8 cm³/mol. The molecule has 1 heterocycles. The molecule has 0 unspecified atom stereocenters. The van der Waals surface area contributed by atoms with Gasteiger partial charge < -0.3 is 4.57 Å². The number of carbonyl (C=O) groups is 1. The summed E-state index contributed by atoms with van der Waals surface area (Å²) in [5, 5.41) is 4.48. The Hall–Kier alpha value is -2.07. The number of hydrazone groups is 1. The van der Waals surface area contributed by atoms with Crippen LogP contribution in [0.3, 0.4) is 0 Å². The first-order valence-corrected chi connectivity index (χ1v) is 8.78. The highest BCUT2D eigenvalue weighted by Gasteiger charge is 2.14. The number of amides is 1. The number of hydrogen-bond acceptors (Lipinski definition) is 2. The number of nitrogens with one attached hydrogen (secondary N) is 1. The first-order valence-electron chi connectivity index (χ1n) is 8.40. The average molecular weight is 344 g/mol. The van der Waals surface area contributed by atoms with Gasteiger partial charge in [0, 0.05) is 24.0 Å². The summed E-state index contributed by atoms with van der Waals surface area (Å²) in [5.41, 5.74) is 4.96. The Labute approximate surface area is 147 Å². The number of rotatable bonds is 4. The fourth-order valence-corrected chi connectivity index (χ4v) is 3.46. The molecule has 4 nitrogen and oxygen atoms in total. The van der Waals surface area contributed by atoms with Crippen molar-refractivity contribution < 1.29 is 4.79 Å². The van der Waals surface area contributed by atoms with Crippen molar-refractivity contribution in [2.24, 2.45) is 5.10 Å². The van der Waals surface area contributed by atoms with Gasteiger partial charge in [0.05, 0.1) is 16.8 Å². The second-order valence-electron chi connectivity index (χ2n) is 6.37. The molecule has 5 heteroatoms. The maximum atomic E-state index is 12.1. The van der Waals surface area contributed by atoms with Crippen molar-refractivity contribution in [2.45, 2.75) is 45.1 Å². The van der Waals surface area contributed by atoms with Gasteiger partial charge in [0.25, 0.3) is 5.91 Å². The molecular formula is C19H22ClN3O. The van der Waals surface area contributed by atoms with Gasteiger partial charge in [-0.2, -0.15) is 5.10 Å². The van der Waals surface area contributed by atoms with E-state index in [1.807, 2.05) is 19.1 Å². The molecule has 24 heavy (non-hydrogen) atoms. The van der Waals surface area contributed by atoms with Gasteiger partial charge in [0.2, 0.25) is 0 Å². The van der Waals surface area contributed by atoms with Crippen LogP contribution in [-0.4, -0.2) is 16.7 Å². The lowest BCUT2D eigenvalue weighted by atomic mass is 9.95. The summed E-state index contributed by atoms with van der Waals surface area (Å²) < 4.78 is 2.26. The average Bonchev–Trinajstić information content (AvgIpc) is 3.04. The van der Waals surface area contributed by atoms with E-state index in [1.54, 1.807) is 18.3 Å². The molecule has 1 fully saturated rings. The largest absolute Gasteiger partial charge is 0.351 e. The molecule has 1 aromatic carbocycles. The molecule has 1 aliphatic rings. The molecule has 3 rings (SSSR count). The standard InChI is InChI=1S/C19H22ClN3O/c1-14-7-8-17(18(20)11-14)19(24)22-21-12-15-9-10-23(13-15)16-5-3-2-4-6-16/h7-13,16H,2-6H2,1H3,(H,22,24)/b21-12-. The zero-order valence-electron chi connectivity index (χ0n) is 13.8. The van der Waals surface area contributed by atoms with E-state index >= 15 is 0 Å². The van der Waals surface area contributed by atoms with Crippen molar-refractivity contribution in [3.05, 3.63) is 58.4 Å². The number of aromatic nitrogens is 1. The quantitative estimate of drug-likeness (QED) is 0.633. The van der Waals surface area contributed by atoms with E-state index in [-0.39, 0.29) is 5.91 Å². The van der Waals surface area contributed by atoms with Crippen LogP contribution in [-0.2, 0) is 0 Å². The van der Waals surface area contributed by atoms with Crippen LogP contribution in [0.1, 0.15) is 59.6 Å². The molecule has 0 spiro atoms. The van der Waals surface area contributed by atoms with Gasteiger partial charge in [-0.05, 0) is 43.5 Å². The number of benzene rings is 1. The zero-order chi connectivity index (χ0) is 16.9. The van der Waals surface area contributed by atoms with Gasteiger partial charge in [-0.1, -0.05) is 36.9 Å². The minimum absolute atomic E-state index is 0.303. The summed E-state index contributed by atoms with van der Waals surface area (Å²) in [4.78, 5) is 12.1. The van der Waals surface area contributed by atoms with E-state index < -0.39 is 0 Å². The number of hydrogen-bond donors (Lipinski definition) is 1. The van der Waals surface area contributed by atoms with Crippen LogP contribution in [0, 0.1) is 6.92 Å². The molecule has 0 radical (unpaired) electrons. The molecule has 1 aliphatic carbocycles. The van der Waals surface area contributed by atoms with Crippen molar-refractivity contribution in [3.63, 3.8) is 0 Å². The molecule has 0 bridgehead atoms. The Morgan fingerprint density at radius 2 is 2.08 bits per heavy atom. The molecule has 0 aliphatic heterocycles. The number of halogens is 1. The lowest BCUT2D eigenvalue weighted by Gasteiger charge is -2.23. The van der Waals surface area contributed by atoms with Gasteiger partial charge in [-0.15, -0.1) is 0 Å². The Morgan fingerprint density at radius 3 is 2.83 bits per heavy atom. The molecule has 1 N–H and O–H groups in total. The number of carbonyl (C=O) groups excluding carboxylic acids is 1. The van der Waals surface area contributed by atoms with Gasteiger partial charge in [-0.3, -0.25) is 4.79 Å². The molecule has 1 saturated carbocycles. The third-order valence-electron chi connectivity index (χ3n) is 4.48. The third kappa shape index (κ3) is 4.06. The Balaban J connectivity index is 1.60. The highest BCUT2D eigenvalue weighted by molar-refractivity contribution is 6.33. The summed E-state index contributed by atoms with van der Waals surface area (Å²) in [7, 11) is 0. The van der Waals surface area contributed by atoms with Crippen molar-refractivity contribution in [3.8, 4) is 0 Å².